The van der Waals surface area contributed by atoms with Crippen molar-refractivity contribution in [2.75, 3.05) is 0 Å². The standard InChI is InChI=1S/C15H17F2NO3/c1-8-5-13(19)18(9(2)14(8)15(20)21)7-10-3-4-11(16)6-12(10)17/h3-4,6,8-9,14H,5,7H2,1-2H3,(H,20,21). The molecule has 3 unspecified atom stereocenters. The van der Waals surface area contributed by atoms with E-state index in [2.05, 4.69) is 0 Å². The minimum Gasteiger partial charge on any atom is -0.481 e. The number of carboxylic acid groups (broad SMARTS) is 1. The molecule has 6 heteroatoms. The number of likely N-dealkylation sites (tertiary alicyclic amines) is 1. The van der Waals surface area contributed by atoms with E-state index in [-0.39, 0.29) is 30.4 Å². The highest BCUT2D eigenvalue weighted by atomic mass is 19.1. The summed E-state index contributed by atoms with van der Waals surface area (Å²) in [5, 5.41) is 9.28. The molecule has 4 nitrogen and oxygen atoms in total. The molecule has 1 aromatic rings. The maximum Gasteiger partial charge on any atom is 0.308 e. The van der Waals surface area contributed by atoms with Crippen molar-refractivity contribution in [3.05, 3.63) is 35.4 Å². The van der Waals surface area contributed by atoms with Crippen LogP contribution >= 0.6 is 0 Å². The van der Waals surface area contributed by atoms with Crippen LogP contribution in [0.15, 0.2) is 18.2 Å². The molecule has 1 aromatic carbocycles. The predicted molar refractivity (Wildman–Crippen MR) is 71.3 cm³/mol. The number of benzene rings is 1. The molecule has 3 atom stereocenters. The Morgan fingerprint density at radius 3 is 2.62 bits per heavy atom. The molecule has 0 aromatic heterocycles. The number of piperidine rings is 1. The van der Waals surface area contributed by atoms with E-state index in [1.54, 1.807) is 13.8 Å². The van der Waals surface area contributed by atoms with Crippen molar-refractivity contribution in [3.63, 3.8) is 0 Å². The van der Waals surface area contributed by atoms with Gasteiger partial charge >= 0.3 is 5.97 Å². The van der Waals surface area contributed by atoms with Crippen molar-refractivity contribution in [1.29, 1.82) is 0 Å². The van der Waals surface area contributed by atoms with Crippen LogP contribution in [0.5, 0.6) is 0 Å². The Kier molecular flexibility index (Phi) is 4.25. The van der Waals surface area contributed by atoms with Crippen LogP contribution in [-0.2, 0) is 16.1 Å². The summed E-state index contributed by atoms with van der Waals surface area (Å²) < 4.78 is 26.6. The quantitative estimate of drug-likeness (QED) is 0.932. The zero-order chi connectivity index (χ0) is 15.7. The largest absolute Gasteiger partial charge is 0.481 e. The molecule has 1 amide bonds. The van der Waals surface area contributed by atoms with Crippen LogP contribution in [0, 0.1) is 23.5 Å². The summed E-state index contributed by atoms with van der Waals surface area (Å²) >= 11 is 0. The Bertz CT molecular complexity index is 576. The summed E-state index contributed by atoms with van der Waals surface area (Å²) in [6.07, 6.45) is 0.115. The minimum atomic E-state index is -0.966. The molecule has 1 saturated heterocycles. The zero-order valence-corrected chi connectivity index (χ0v) is 11.8. The number of hydrogen-bond acceptors (Lipinski definition) is 2. The molecule has 1 heterocycles. The van der Waals surface area contributed by atoms with Gasteiger partial charge in [-0.2, -0.15) is 0 Å². The smallest absolute Gasteiger partial charge is 0.308 e. The lowest BCUT2D eigenvalue weighted by molar-refractivity contribution is -0.155. The number of halogens is 2. The maximum absolute atomic E-state index is 13.7. The summed E-state index contributed by atoms with van der Waals surface area (Å²) in [7, 11) is 0. The molecule has 21 heavy (non-hydrogen) atoms. The number of carbonyl (C=O) groups excluding carboxylic acids is 1. The summed E-state index contributed by atoms with van der Waals surface area (Å²) in [5.74, 6) is -3.55. The lowest BCUT2D eigenvalue weighted by Gasteiger charge is -2.40. The van der Waals surface area contributed by atoms with Gasteiger partial charge in [-0.15, -0.1) is 0 Å². The highest BCUT2D eigenvalue weighted by molar-refractivity contribution is 5.81. The number of aliphatic carboxylic acids is 1. The average molecular weight is 297 g/mol. The van der Waals surface area contributed by atoms with Gasteiger partial charge in [0.15, 0.2) is 0 Å². The highest BCUT2D eigenvalue weighted by Crippen LogP contribution is 2.31. The van der Waals surface area contributed by atoms with Crippen LogP contribution in [0.3, 0.4) is 0 Å². The molecule has 114 valence electrons. The molecule has 0 aliphatic carbocycles. The Hall–Kier alpha value is -1.98. The fourth-order valence-corrected chi connectivity index (χ4v) is 2.93. The molecule has 0 spiro atoms. The van der Waals surface area contributed by atoms with E-state index in [4.69, 9.17) is 0 Å². The third-order valence-electron chi connectivity index (χ3n) is 4.08. The monoisotopic (exact) mass is 297 g/mol. The van der Waals surface area contributed by atoms with Crippen molar-refractivity contribution in [2.45, 2.75) is 32.9 Å². The third-order valence-corrected chi connectivity index (χ3v) is 4.08. The van der Waals surface area contributed by atoms with Gasteiger partial charge in [0.25, 0.3) is 0 Å². The van der Waals surface area contributed by atoms with Gasteiger partial charge in [-0.1, -0.05) is 13.0 Å². The molecule has 2 rings (SSSR count). The zero-order valence-electron chi connectivity index (χ0n) is 11.8. The highest BCUT2D eigenvalue weighted by Gasteiger charge is 2.41. The summed E-state index contributed by atoms with van der Waals surface area (Å²) in [6, 6.07) is 2.61. The molecule has 0 bridgehead atoms. The van der Waals surface area contributed by atoms with Gasteiger partial charge in [0.05, 0.1) is 5.92 Å². The van der Waals surface area contributed by atoms with Crippen molar-refractivity contribution >= 4 is 11.9 Å². The summed E-state index contributed by atoms with van der Waals surface area (Å²) in [4.78, 5) is 24.8. The molecular weight excluding hydrogens is 280 g/mol. The van der Waals surface area contributed by atoms with Gasteiger partial charge < -0.3 is 10.0 Å². The van der Waals surface area contributed by atoms with E-state index < -0.39 is 29.6 Å². The summed E-state index contributed by atoms with van der Waals surface area (Å²) in [5.41, 5.74) is 0.176. The van der Waals surface area contributed by atoms with Crippen molar-refractivity contribution < 1.29 is 23.5 Å². The van der Waals surface area contributed by atoms with Gasteiger partial charge in [0.1, 0.15) is 11.6 Å². The Morgan fingerprint density at radius 2 is 2.05 bits per heavy atom. The van der Waals surface area contributed by atoms with Crippen LogP contribution < -0.4 is 0 Å². The molecule has 1 fully saturated rings. The van der Waals surface area contributed by atoms with Crippen molar-refractivity contribution in [1.82, 2.24) is 4.90 Å². The number of carbonyl (C=O) groups is 2. The number of rotatable bonds is 3. The van der Waals surface area contributed by atoms with Crippen LogP contribution in [0.2, 0.25) is 0 Å². The first kappa shape index (κ1) is 15.4. The lowest BCUT2D eigenvalue weighted by atomic mass is 9.81. The van der Waals surface area contributed by atoms with E-state index >= 15 is 0 Å². The first-order valence-corrected chi connectivity index (χ1v) is 6.77. The molecule has 0 saturated carbocycles. The fraction of sp³-hybridized carbons (Fsp3) is 0.467. The maximum atomic E-state index is 13.7. The second-order valence-electron chi connectivity index (χ2n) is 5.54. The Balaban J connectivity index is 2.25. The predicted octanol–water partition coefficient (Wildman–Crippen LogP) is 2.42. The second kappa shape index (κ2) is 5.79. The summed E-state index contributed by atoms with van der Waals surface area (Å²) in [6.45, 7) is 3.32. The van der Waals surface area contributed by atoms with Gasteiger partial charge in [-0.25, -0.2) is 8.78 Å². The molecule has 1 aliphatic rings. The van der Waals surface area contributed by atoms with Gasteiger partial charge in [0, 0.05) is 30.6 Å². The van der Waals surface area contributed by atoms with E-state index in [0.29, 0.717) is 0 Å². The SMILES string of the molecule is CC1CC(=O)N(Cc2ccc(F)cc2F)C(C)C1C(=O)O. The van der Waals surface area contributed by atoms with Crippen LogP contribution in [0.1, 0.15) is 25.8 Å². The van der Waals surface area contributed by atoms with Crippen LogP contribution in [0.4, 0.5) is 8.78 Å². The number of hydrogen-bond donors (Lipinski definition) is 1. The lowest BCUT2D eigenvalue weighted by Crippen LogP contribution is -2.52. The van der Waals surface area contributed by atoms with Crippen LogP contribution in [-0.4, -0.2) is 27.9 Å². The minimum absolute atomic E-state index is 0.0530. The van der Waals surface area contributed by atoms with Gasteiger partial charge in [0.2, 0.25) is 5.91 Å². The normalized spacial score (nSPS) is 26.0. The first-order valence-electron chi connectivity index (χ1n) is 6.77. The number of amides is 1. The molecule has 1 N–H and O–H groups in total. The molecular formula is C15H17F2NO3. The van der Waals surface area contributed by atoms with E-state index in [1.807, 2.05) is 0 Å². The number of nitrogens with zero attached hydrogens (tertiary/aromatic N) is 1. The average Bonchev–Trinajstić information content (AvgIpc) is 2.35. The molecule has 0 radical (unpaired) electrons. The Morgan fingerprint density at radius 1 is 1.38 bits per heavy atom. The first-order chi connectivity index (χ1) is 9.81. The van der Waals surface area contributed by atoms with Crippen molar-refractivity contribution in [2.24, 2.45) is 11.8 Å². The van der Waals surface area contributed by atoms with Crippen molar-refractivity contribution in [3.8, 4) is 0 Å². The molecule has 1 aliphatic heterocycles. The number of carboxylic acids is 1. The van der Waals surface area contributed by atoms with Crippen LogP contribution in [0.25, 0.3) is 0 Å². The van der Waals surface area contributed by atoms with E-state index in [9.17, 15) is 23.5 Å². The topological polar surface area (TPSA) is 57.6 Å². The van der Waals surface area contributed by atoms with E-state index in [0.717, 1.165) is 12.1 Å². The third kappa shape index (κ3) is 3.04. The fourth-order valence-electron chi connectivity index (χ4n) is 2.93. The Labute approximate surface area is 121 Å². The van der Waals surface area contributed by atoms with Gasteiger partial charge in [-0.05, 0) is 18.9 Å². The van der Waals surface area contributed by atoms with Gasteiger partial charge in [-0.3, -0.25) is 9.59 Å². The second-order valence-corrected chi connectivity index (χ2v) is 5.54. The van der Waals surface area contributed by atoms with E-state index in [1.165, 1.54) is 11.0 Å².